The van der Waals surface area contributed by atoms with Gasteiger partial charge in [-0.2, -0.15) is 0 Å². The molecule has 2 aromatic rings. The lowest BCUT2D eigenvalue weighted by molar-refractivity contribution is 1.27. The summed E-state index contributed by atoms with van der Waals surface area (Å²) in [5.41, 5.74) is 0. The maximum atomic E-state index is 4.28. The molecule has 0 spiro atoms. The zero-order valence-corrected chi connectivity index (χ0v) is 11.4. The Hall–Kier alpha value is -0.700. The van der Waals surface area contributed by atoms with Crippen LogP contribution < -0.4 is 18.8 Å². The summed E-state index contributed by atoms with van der Waals surface area (Å²) >= 11 is 8.39. The SMILES string of the molecule is Brc1c2c(c(Br)c3ccccc13)=[N+]=S=[N+]=2. The van der Waals surface area contributed by atoms with Gasteiger partial charge >= 0.3 is 22.1 Å². The third kappa shape index (κ3) is 1.29. The van der Waals surface area contributed by atoms with Gasteiger partial charge in [0.05, 0.1) is 8.08 Å². The monoisotopic (exact) mass is 342 g/mol. The Labute approximate surface area is 106 Å². The van der Waals surface area contributed by atoms with E-state index in [0.717, 1.165) is 30.4 Å². The largest absolute Gasteiger partial charge is 0.700 e. The normalized spacial score (nSPS) is 11.9. The fraction of sp³-hybridized carbons (Fsp3) is 0. The standard InChI is InChI=1S/C10H4Br2N2S/c11-7-5-3-1-2-4-6(5)8(12)10-9(7)13-15-14-10/h1-4H/q+2. The lowest BCUT2D eigenvalue weighted by atomic mass is 10.1. The molecular formula is C10H4Br2N2S+2. The second kappa shape index (κ2) is 3.41. The van der Waals surface area contributed by atoms with Crippen molar-refractivity contribution in [2.45, 2.75) is 0 Å². The van der Waals surface area contributed by atoms with Crippen LogP contribution in [0.15, 0.2) is 33.2 Å². The van der Waals surface area contributed by atoms with Crippen LogP contribution in [-0.2, 0) is 11.4 Å². The number of benzene rings is 2. The van der Waals surface area contributed by atoms with Crippen LogP contribution in [0.1, 0.15) is 0 Å². The molecule has 0 bridgehead atoms. The van der Waals surface area contributed by atoms with E-state index in [4.69, 9.17) is 0 Å². The highest BCUT2D eigenvalue weighted by molar-refractivity contribution is 9.11. The summed E-state index contributed by atoms with van der Waals surface area (Å²) in [5, 5.41) is 4.16. The van der Waals surface area contributed by atoms with Gasteiger partial charge in [0.25, 0.3) is 0 Å². The molecule has 1 aliphatic heterocycles. The quantitative estimate of drug-likeness (QED) is 0.549. The first kappa shape index (κ1) is 9.52. The minimum atomic E-state index is 0.922. The zero-order valence-electron chi connectivity index (χ0n) is 7.37. The first-order valence-electron chi connectivity index (χ1n) is 4.27. The van der Waals surface area contributed by atoms with Gasteiger partial charge in [0, 0.05) is 10.8 Å². The number of halogens is 2. The maximum absolute atomic E-state index is 4.28. The molecule has 3 rings (SSSR count). The topological polar surface area (TPSA) is 28.2 Å². The molecule has 0 unspecified atom stereocenters. The average Bonchev–Trinajstić information content (AvgIpc) is 2.75. The van der Waals surface area contributed by atoms with Crippen molar-refractivity contribution in [2.24, 2.45) is 0 Å². The van der Waals surface area contributed by atoms with Crippen molar-refractivity contribution in [3.05, 3.63) is 43.9 Å². The van der Waals surface area contributed by atoms with Gasteiger partial charge in [0.2, 0.25) is 0 Å². The first-order valence-corrected chi connectivity index (χ1v) is 6.58. The van der Waals surface area contributed by atoms with Gasteiger partial charge in [0.15, 0.2) is 0 Å². The molecule has 0 aromatic heterocycles. The van der Waals surface area contributed by atoms with Crippen LogP contribution in [0.3, 0.4) is 0 Å². The number of nitrogens with zero attached hydrogens (tertiary/aromatic N) is 2. The minimum absolute atomic E-state index is 0.922. The molecule has 5 heteroatoms. The molecule has 1 heterocycles. The fourth-order valence-electron chi connectivity index (χ4n) is 1.60. The number of fused-ring (bicyclic) bond motifs is 2. The predicted octanol–water partition coefficient (Wildman–Crippen LogP) is 1.20. The van der Waals surface area contributed by atoms with Gasteiger partial charge in [-0.05, 0) is 31.9 Å². The van der Waals surface area contributed by atoms with Gasteiger partial charge in [-0.1, -0.05) is 24.3 Å². The summed E-state index contributed by atoms with van der Waals surface area (Å²) in [7, 11) is 0. The third-order valence-corrected chi connectivity index (χ3v) is 4.44. The number of rotatable bonds is 0. The van der Waals surface area contributed by atoms with E-state index in [1.54, 1.807) is 0 Å². The van der Waals surface area contributed by atoms with Gasteiger partial charge in [-0.3, -0.25) is 0 Å². The summed E-state index contributed by atoms with van der Waals surface area (Å²) in [4.78, 5) is 0. The molecule has 72 valence electrons. The van der Waals surface area contributed by atoms with Crippen LogP contribution in [0.25, 0.3) is 10.8 Å². The molecule has 2 aromatic carbocycles. The summed E-state index contributed by atoms with van der Waals surface area (Å²) in [6, 6.07) is 8.18. The van der Waals surface area contributed by atoms with E-state index in [0.29, 0.717) is 0 Å². The van der Waals surface area contributed by atoms with Gasteiger partial charge in [-0.15, -0.1) is 0 Å². The molecule has 1 aliphatic rings. The van der Waals surface area contributed by atoms with Crippen LogP contribution in [0, 0.1) is 0 Å². The van der Waals surface area contributed by atoms with Crippen LogP contribution in [0.4, 0.5) is 0 Å². The van der Waals surface area contributed by atoms with E-state index in [1.165, 1.54) is 11.4 Å². The molecule has 0 fully saturated rings. The Kier molecular flexibility index (Phi) is 2.16. The lowest BCUT2D eigenvalue weighted by Gasteiger charge is -1.95. The van der Waals surface area contributed by atoms with E-state index < -0.39 is 0 Å². The highest BCUT2D eigenvalue weighted by Crippen LogP contribution is 2.24. The smallest absolute Gasteiger partial charge is 0.0616 e. The van der Waals surface area contributed by atoms with Crippen molar-refractivity contribution in [1.82, 2.24) is 8.08 Å². The first-order chi connectivity index (χ1) is 7.29. The van der Waals surface area contributed by atoms with E-state index >= 15 is 0 Å². The Bertz CT molecular complexity index is 732. The molecule has 0 atom stereocenters. The molecular weight excluding hydrogens is 340 g/mol. The molecule has 0 N–H and O–H groups in total. The lowest BCUT2D eigenvalue weighted by Crippen LogP contribution is -2.30. The van der Waals surface area contributed by atoms with Crippen molar-refractivity contribution < 1.29 is 0 Å². The maximum Gasteiger partial charge on any atom is 0.700 e. The molecule has 15 heavy (non-hydrogen) atoms. The van der Waals surface area contributed by atoms with Crippen LogP contribution in [-0.4, -0.2) is 0 Å². The van der Waals surface area contributed by atoms with Crippen LogP contribution in [0.2, 0.25) is 0 Å². The van der Waals surface area contributed by atoms with Crippen molar-refractivity contribution in [1.29, 1.82) is 0 Å². The fourth-order valence-corrected chi connectivity index (χ4v) is 3.64. The van der Waals surface area contributed by atoms with Gasteiger partial charge < -0.3 is 0 Å². The van der Waals surface area contributed by atoms with Crippen molar-refractivity contribution in [2.75, 3.05) is 0 Å². The van der Waals surface area contributed by atoms with E-state index in [9.17, 15) is 0 Å². The molecule has 0 radical (unpaired) electrons. The zero-order chi connectivity index (χ0) is 10.4. The number of hydrogen-bond acceptors (Lipinski definition) is 0. The van der Waals surface area contributed by atoms with Crippen molar-refractivity contribution in [3.63, 3.8) is 0 Å². The average molecular weight is 344 g/mol. The van der Waals surface area contributed by atoms with E-state index in [-0.39, 0.29) is 0 Å². The van der Waals surface area contributed by atoms with Crippen molar-refractivity contribution >= 4 is 54.0 Å². The highest BCUT2D eigenvalue weighted by Gasteiger charge is 2.25. The molecule has 0 saturated heterocycles. The number of hydrogen-bond donors (Lipinski definition) is 0. The summed E-state index contributed by atoms with van der Waals surface area (Å²) in [5.74, 6) is 0. The second-order valence-electron chi connectivity index (χ2n) is 3.13. The molecule has 0 aliphatic carbocycles. The van der Waals surface area contributed by atoms with E-state index in [1.807, 2.05) is 12.1 Å². The molecule has 2 nitrogen and oxygen atoms in total. The summed E-state index contributed by atoms with van der Waals surface area (Å²) in [6.07, 6.45) is 0. The molecule has 0 saturated carbocycles. The Balaban J connectivity index is 2.79. The van der Waals surface area contributed by atoms with Gasteiger partial charge in [0.1, 0.15) is 8.95 Å². The predicted molar refractivity (Wildman–Crippen MR) is 68.4 cm³/mol. The minimum Gasteiger partial charge on any atom is -0.0616 e. The Morgan fingerprint density at radius 1 is 0.867 bits per heavy atom. The van der Waals surface area contributed by atoms with Crippen LogP contribution >= 0.6 is 31.9 Å². The van der Waals surface area contributed by atoms with Gasteiger partial charge in [-0.25, -0.2) is 0 Å². The van der Waals surface area contributed by atoms with E-state index in [2.05, 4.69) is 52.1 Å². The summed E-state index contributed by atoms with van der Waals surface area (Å²) in [6.45, 7) is 0. The molecule has 0 amide bonds. The van der Waals surface area contributed by atoms with Crippen molar-refractivity contribution in [3.8, 4) is 0 Å². The highest BCUT2D eigenvalue weighted by atomic mass is 79.9. The second-order valence-corrected chi connectivity index (χ2v) is 5.25. The van der Waals surface area contributed by atoms with Crippen LogP contribution in [0.5, 0.6) is 0 Å². The Morgan fingerprint density at radius 3 is 1.80 bits per heavy atom. The third-order valence-electron chi connectivity index (χ3n) is 2.30. The summed E-state index contributed by atoms with van der Waals surface area (Å²) < 4.78 is 10.6. The Morgan fingerprint density at radius 2 is 1.33 bits per heavy atom.